The molecule has 8 heteroatoms. The summed E-state index contributed by atoms with van der Waals surface area (Å²) in [5, 5.41) is 13.5. The second-order valence-corrected chi connectivity index (χ2v) is 7.52. The van der Waals surface area contributed by atoms with Crippen LogP contribution in [0.5, 0.6) is 0 Å². The van der Waals surface area contributed by atoms with E-state index in [1.165, 1.54) is 0 Å². The maximum atomic E-state index is 12.5. The summed E-state index contributed by atoms with van der Waals surface area (Å²) >= 11 is 1.58. The highest BCUT2D eigenvalue weighted by molar-refractivity contribution is 7.16. The van der Waals surface area contributed by atoms with Gasteiger partial charge >= 0.3 is 6.03 Å². The van der Waals surface area contributed by atoms with E-state index in [9.17, 15) is 9.90 Å². The molecule has 2 N–H and O–H groups in total. The van der Waals surface area contributed by atoms with Crippen molar-refractivity contribution in [1.29, 1.82) is 0 Å². The molecule has 1 unspecified atom stereocenters. The quantitative estimate of drug-likeness (QED) is 0.741. The number of piperidine rings is 1. The third-order valence-electron chi connectivity index (χ3n) is 4.98. The molecule has 0 saturated carbocycles. The van der Waals surface area contributed by atoms with Gasteiger partial charge in [0.1, 0.15) is 11.9 Å². The number of imidazole rings is 1. The number of aliphatic hydroxyl groups excluding tert-OH is 1. The number of aryl methyl sites for hydroxylation is 1. The van der Waals surface area contributed by atoms with E-state index in [1.807, 2.05) is 36.0 Å². The summed E-state index contributed by atoms with van der Waals surface area (Å²) in [7, 11) is 1.88. The predicted octanol–water partition coefficient (Wildman–Crippen LogP) is 3.01. The lowest BCUT2D eigenvalue weighted by Gasteiger charge is -2.34. The van der Waals surface area contributed by atoms with Crippen LogP contribution in [0.4, 0.5) is 10.5 Å². The second-order valence-electron chi connectivity index (χ2n) is 6.63. The van der Waals surface area contributed by atoms with Crippen molar-refractivity contribution in [2.45, 2.75) is 18.9 Å². The van der Waals surface area contributed by atoms with Crippen LogP contribution in [0.3, 0.4) is 0 Å². The van der Waals surface area contributed by atoms with Gasteiger partial charge < -0.3 is 19.9 Å². The van der Waals surface area contributed by atoms with Crippen molar-refractivity contribution in [2.75, 3.05) is 18.4 Å². The molecule has 7 nitrogen and oxygen atoms in total. The fourth-order valence-electron chi connectivity index (χ4n) is 3.43. The van der Waals surface area contributed by atoms with Crippen LogP contribution in [0.25, 0.3) is 10.2 Å². The third-order valence-corrected chi connectivity index (χ3v) is 5.79. The number of carbonyl (C=O) groups excluding carboxylic acids is 1. The smallest absolute Gasteiger partial charge is 0.321 e. The summed E-state index contributed by atoms with van der Waals surface area (Å²) in [4.78, 5) is 22.8. The standard InChI is InChI=1S/C18H21N5O2S/c1-22-9-6-19-17(22)16(24)12-4-7-23(8-5-12)18(25)21-13-2-3-15-14(10-13)20-11-26-15/h2-3,6,9-12,16,24H,4-5,7-8H2,1H3,(H,21,25). The maximum absolute atomic E-state index is 12.5. The molecule has 26 heavy (non-hydrogen) atoms. The number of fused-ring (bicyclic) bond motifs is 1. The van der Waals surface area contributed by atoms with E-state index in [-0.39, 0.29) is 11.9 Å². The Morgan fingerprint density at radius 2 is 2.15 bits per heavy atom. The second kappa shape index (κ2) is 7.05. The van der Waals surface area contributed by atoms with Crippen LogP contribution >= 0.6 is 11.3 Å². The minimum absolute atomic E-state index is 0.107. The van der Waals surface area contributed by atoms with Gasteiger partial charge in [-0.3, -0.25) is 0 Å². The lowest BCUT2D eigenvalue weighted by molar-refractivity contribution is 0.0600. The van der Waals surface area contributed by atoms with Crippen molar-refractivity contribution in [1.82, 2.24) is 19.4 Å². The van der Waals surface area contributed by atoms with Gasteiger partial charge in [-0.1, -0.05) is 0 Å². The molecule has 0 spiro atoms. The van der Waals surface area contributed by atoms with Crippen LogP contribution < -0.4 is 5.32 Å². The average Bonchev–Trinajstić information content (AvgIpc) is 3.29. The van der Waals surface area contributed by atoms with Gasteiger partial charge in [0.25, 0.3) is 0 Å². The average molecular weight is 371 g/mol. The number of hydrogen-bond donors (Lipinski definition) is 2. The van der Waals surface area contributed by atoms with Gasteiger partial charge in [-0.2, -0.15) is 0 Å². The van der Waals surface area contributed by atoms with Crippen LogP contribution in [0.2, 0.25) is 0 Å². The Hall–Kier alpha value is -2.45. The van der Waals surface area contributed by atoms with Crippen molar-refractivity contribution in [3.05, 3.63) is 41.9 Å². The first-order chi connectivity index (χ1) is 12.6. The Kier molecular flexibility index (Phi) is 4.60. The highest BCUT2D eigenvalue weighted by atomic mass is 32.1. The number of urea groups is 1. The maximum Gasteiger partial charge on any atom is 0.321 e. The number of nitrogens with one attached hydrogen (secondary N) is 1. The highest BCUT2D eigenvalue weighted by Gasteiger charge is 2.30. The van der Waals surface area contributed by atoms with E-state index in [1.54, 1.807) is 27.9 Å². The summed E-state index contributed by atoms with van der Waals surface area (Å²) < 4.78 is 2.95. The summed E-state index contributed by atoms with van der Waals surface area (Å²) in [6.07, 6.45) is 4.45. The van der Waals surface area contributed by atoms with Crippen molar-refractivity contribution >= 4 is 33.3 Å². The minimum Gasteiger partial charge on any atom is -0.385 e. The van der Waals surface area contributed by atoms with E-state index in [2.05, 4.69) is 15.3 Å². The van der Waals surface area contributed by atoms with Gasteiger partial charge in [0.15, 0.2) is 0 Å². The van der Waals surface area contributed by atoms with Crippen molar-refractivity contribution in [3.63, 3.8) is 0 Å². The number of hydrogen-bond acceptors (Lipinski definition) is 5. The number of benzene rings is 1. The van der Waals surface area contributed by atoms with E-state index >= 15 is 0 Å². The van der Waals surface area contributed by atoms with Crippen LogP contribution in [0.15, 0.2) is 36.1 Å². The lowest BCUT2D eigenvalue weighted by Crippen LogP contribution is -2.42. The zero-order valence-corrected chi connectivity index (χ0v) is 15.3. The minimum atomic E-state index is -0.590. The number of aromatic nitrogens is 3. The summed E-state index contributed by atoms with van der Waals surface area (Å²) in [6, 6.07) is 5.65. The first-order valence-electron chi connectivity index (χ1n) is 8.66. The van der Waals surface area contributed by atoms with Crippen LogP contribution in [0, 0.1) is 5.92 Å². The molecule has 0 aliphatic carbocycles. The molecular formula is C18H21N5O2S. The van der Waals surface area contributed by atoms with Gasteiger partial charge in [-0.15, -0.1) is 11.3 Å². The number of rotatable bonds is 3. The Labute approximate surface area is 155 Å². The number of nitrogens with zero attached hydrogens (tertiary/aromatic N) is 4. The zero-order chi connectivity index (χ0) is 18.1. The summed E-state index contributed by atoms with van der Waals surface area (Å²) in [6.45, 7) is 1.24. The molecule has 4 rings (SSSR count). The Balaban J connectivity index is 1.35. The lowest BCUT2D eigenvalue weighted by atomic mass is 9.91. The fraction of sp³-hybridized carbons (Fsp3) is 0.389. The molecule has 1 atom stereocenters. The van der Waals surface area contributed by atoms with Crippen molar-refractivity contribution in [3.8, 4) is 0 Å². The van der Waals surface area contributed by atoms with Gasteiger partial charge in [-0.25, -0.2) is 14.8 Å². The van der Waals surface area contributed by atoms with E-state index < -0.39 is 6.10 Å². The molecule has 1 aliphatic rings. The SMILES string of the molecule is Cn1ccnc1C(O)C1CCN(C(=O)Nc2ccc3scnc3c2)CC1. The molecule has 0 bridgehead atoms. The normalized spacial score (nSPS) is 16.8. The number of thiazole rings is 1. The van der Waals surface area contributed by atoms with Crippen molar-refractivity contribution < 1.29 is 9.90 Å². The number of likely N-dealkylation sites (tertiary alicyclic amines) is 1. The van der Waals surface area contributed by atoms with E-state index in [4.69, 9.17) is 0 Å². The molecule has 136 valence electrons. The van der Waals surface area contributed by atoms with E-state index in [0.717, 1.165) is 28.7 Å². The Bertz CT molecular complexity index is 913. The molecule has 3 aromatic rings. The molecule has 1 saturated heterocycles. The fourth-order valence-corrected chi connectivity index (χ4v) is 4.09. The zero-order valence-electron chi connectivity index (χ0n) is 14.5. The molecular weight excluding hydrogens is 350 g/mol. The van der Waals surface area contributed by atoms with Gasteiger partial charge in [0, 0.05) is 38.2 Å². The van der Waals surface area contributed by atoms with Gasteiger partial charge in [0.2, 0.25) is 0 Å². The number of amides is 2. The van der Waals surface area contributed by atoms with Crippen LogP contribution in [0.1, 0.15) is 24.8 Å². The van der Waals surface area contributed by atoms with Gasteiger partial charge in [-0.05, 0) is 37.0 Å². The van der Waals surface area contributed by atoms with Gasteiger partial charge in [0.05, 0.1) is 15.7 Å². The number of anilines is 1. The van der Waals surface area contributed by atoms with Crippen LogP contribution in [-0.4, -0.2) is 43.7 Å². The number of carbonyl (C=O) groups is 1. The Morgan fingerprint density at radius 3 is 2.88 bits per heavy atom. The summed E-state index contributed by atoms with van der Waals surface area (Å²) in [5.41, 5.74) is 3.45. The topological polar surface area (TPSA) is 83.3 Å². The molecule has 2 aromatic heterocycles. The third kappa shape index (κ3) is 3.30. The van der Waals surface area contributed by atoms with Crippen LogP contribution in [-0.2, 0) is 7.05 Å². The largest absolute Gasteiger partial charge is 0.385 e. The summed E-state index contributed by atoms with van der Waals surface area (Å²) in [5.74, 6) is 0.802. The monoisotopic (exact) mass is 371 g/mol. The first-order valence-corrected chi connectivity index (χ1v) is 9.54. The number of aliphatic hydroxyl groups is 1. The molecule has 0 radical (unpaired) electrons. The Morgan fingerprint density at radius 1 is 1.35 bits per heavy atom. The molecule has 2 amide bonds. The predicted molar refractivity (Wildman–Crippen MR) is 101 cm³/mol. The van der Waals surface area contributed by atoms with Crippen molar-refractivity contribution in [2.24, 2.45) is 13.0 Å². The molecule has 1 aliphatic heterocycles. The first kappa shape index (κ1) is 17.0. The highest BCUT2D eigenvalue weighted by Crippen LogP contribution is 2.30. The van der Waals surface area contributed by atoms with E-state index in [0.29, 0.717) is 18.9 Å². The molecule has 1 aromatic carbocycles. The molecule has 1 fully saturated rings. The molecule has 3 heterocycles.